The first-order valence-corrected chi connectivity index (χ1v) is 5.36. The van der Waals surface area contributed by atoms with E-state index in [-0.39, 0.29) is 5.48 Å². The Kier molecular flexibility index (Phi) is 6.93. The van der Waals surface area contributed by atoms with Crippen molar-refractivity contribution in [3.63, 3.8) is 0 Å². The van der Waals surface area contributed by atoms with E-state index in [2.05, 4.69) is 14.0 Å². The van der Waals surface area contributed by atoms with E-state index >= 15 is 0 Å². The van der Waals surface area contributed by atoms with Crippen molar-refractivity contribution in [3.8, 4) is 0 Å². The Labute approximate surface area is 94.6 Å². The number of hydrogen-bond donors (Lipinski definition) is 1. The molecule has 0 bridgehead atoms. The normalized spacial score (nSPS) is 9.88. The fourth-order valence-corrected chi connectivity index (χ4v) is 1.21. The number of imidazole rings is 1. The van der Waals surface area contributed by atoms with Gasteiger partial charge < -0.3 is 10.0 Å². The molecule has 0 saturated carbocycles. The predicted molar refractivity (Wildman–Crippen MR) is 56.9 cm³/mol. The molecule has 0 aliphatic heterocycles. The SMILES string of the molecule is CN(C)c1n(C)cc[n+]1C.O.O=S(=O)([O-])O. The second-order valence-corrected chi connectivity index (χ2v) is 4.00. The molecular weight excluding hydrogens is 238 g/mol. The molecule has 0 fully saturated rings. The van der Waals surface area contributed by atoms with Crippen molar-refractivity contribution in [2.45, 2.75) is 0 Å². The molecule has 0 atom stereocenters. The number of rotatable bonds is 1. The first-order valence-electron chi connectivity index (χ1n) is 3.99. The third-order valence-electron chi connectivity index (χ3n) is 1.54. The molecule has 0 spiro atoms. The van der Waals surface area contributed by atoms with E-state index in [0.717, 1.165) is 0 Å². The van der Waals surface area contributed by atoms with Crippen LogP contribution in [0.5, 0.6) is 0 Å². The maximum absolute atomic E-state index is 8.63. The van der Waals surface area contributed by atoms with Crippen molar-refractivity contribution in [1.29, 1.82) is 0 Å². The summed E-state index contributed by atoms with van der Waals surface area (Å²) < 4.78 is 37.0. The highest BCUT2D eigenvalue weighted by Gasteiger charge is 2.11. The summed E-state index contributed by atoms with van der Waals surface area (Å²) in [6.45, 7) is 0. The monoisotopic (exact) mass is 255 g/mol. The molecular formula is C7H17N3O5S. The van der Waals surface area contributed by atoms with Crippen molar-refractivity contribution < 1.29 is 27.6 Å². The summed E-state index contributed by atoms with van der Waals surface area (Å²) in [6, 6.07) is 0. The Morgan fingerprint density at radius 3 is 2.00 bits per heavy atom. The highest BCUT2D eigenvalue weighted by molar-refractivity contribution is 7.79. The molecule has 1 heterocycles. The number of aromatic nitrogens is 2. The van der Waals surface area contributed by atoms with E-state index in [4.69, 9.17) is 17.5 Å². The molecule has 16 heavy (non-hydrogen) atoms. The minimum Gasteiger partial charge on any atom is -0.726 e. The lowest BCUT2D eigenvalue weighted by atomic mass is 10.8. The third-order valence-corrected chi connectivity index (χ3v) is 1.54. The standard InChI is InChI=1S/C7H14N3.H2O4S.H2O/c1-8(2)7-9(3)5-6-10(7)4;1-5(2,3)4;/h5-6H,1-4H3;(H2,1,2,3,4);1H2/q+1;;/p-1. The van der Waals surface area contributed by atoms with Crippen LogP contribution in [0.3, 0.4) is 0 Å². The largest absolute Gasteiger partial charge is 0.726 e. The van der Waals surface area contributed by atoms with Gasteiger partial charge in [-0.3, -0.25) is 9.45 Å². The Hall–Kier alpha value is -1.16. The molecule has 0 aliphatic carbocycles. The zero-order valence-corrected chi connectivity index (χ0v) is 10.4. The first-order chi connectivity index (χ1) is 6.63. The van der Waals surface area contributed by atoms with E-state index in [1.807, 2.05) is 40.6 Å². The number of hydrogen-bond acceptors (Lipinski definition) is 4. The van der Waals surface area contributed by atoms with Gasteiger partial charge in [-0.1, -0.05) is 0 Å². The summed E-state index contributed by atoms with van der Waals surface area (Å²) in [5.41, 5.74) is 0. The van der Waals surface area contributed by atoms with Crippen LogP contribution < -0.4 is 9.47 Å². The van der Waals surface area contributed by atoms with Crippen LogP contribution in [0.4, 0.5) is 5.95 Å². The second kappa shape index (κ2) is 6.43. The van der Waals surface area contributed by atoms with Crippen molar-refractivity contribution in [3.05, 3.63) is 12.4 Å². The van der Waals surface area contributed by atoms with Crippen LogP contribution in [-0.4, -0.2) is 41.7 Å². The highest BCUT2D eigenvalue weighted by atomic mass is 32.3. The van der Waals surface area contributed by atoms with Gasteiger partial charge in [-0.15, -0.1) is 0 Å². The van der Waals surface area contributed by atoms with Gasteiger partial charge in [-0.2, -0.15) is 0 Å². The van der Waals surface area contributed by atoms with Gasteiger partial charge in [-0.25, -0.2) is 17.6 Å². The topological polar surface area (TPSA) is 121 Å². The van der Waals surface area contributed by atoms with Gasteiger partial charge in [-0.05, 0) is 0 Å². The second-order valence-electron chi connectivity index (χ2n) is 3.14. The van der Waals surface area contributed by atoms with Gasteiger partial charge >= 0.3 is 5.95 Å². The molecule has 0 aromatic carbocycles. The maximum Gasteiger partial charge on any atom is 0.358 e. The Morgan fingerprint density at radius 2 is 1.88 bits per heavy atom. The Bertz CT molecular complexity index is 384. The Morgan fingerprint density at radius 1 is 1.50 bits per heavy atom. The zero-order valence-electron chi connectivity index (χ0n) is 9.58. The van der Waals surface area contributed by atoms with Gasteiger partial charge in [0.05, 0.1) is 40.6 Å². The highest BCUT2D eigenvalue weighted by Crippen LogP contribution is 2.00. The zero-order chi connectivity index (χ0) is 12.2. The van der Waals surface area contributed by atoms with E-state index in [0.29, 0.717) is 0 Å². The summed E-state index contributed by atoms with van der Waals surface area (Å²) in [7, 11) is 3.23. The van der Waals surface area contributed by atoms with Crippen LogP contribution in [0.15, 0.2) is 12.4 Å². The maximum atomic E-state index is 8.63. The third kappa shape index (κ3) is 7.17. The molecule has 1 rings (SSSR count). The first kappa shape index (κ1) is 17.2. The number of anilines is 1. The molecule has 0 aliphatic rings. The lowest BCUT2D eigenvalue weighted by Crippen LogP contribution is -2.34. The lowest BCUT2D eigenvalue weighted by molar-refractivity contribution is -0.657. The van der Waals surface area contributed by atoms with Crippen molar-refractivity contribution in [1.82, 2.24) is 4.57 Å². The van der Waals surface area contributed by atoms with Gasteiger partial charge in [0.1, 0.15) is 0 Å². The molecule has 8 nitrogen and oxygen atoms in total. The molecule has 96 valence electrons. The number of aryl methyl sites for hydroxylation is 2. The average molecular weight is 255 g/mol. The Balaban J connectivity index is 0. The van der Waals surface area contributed by atoms with E-state index in [1.54, 1.807) is 0 Å². The molecule has 0 amide bonds. The molecule has 0 unspecified atom stereocenters. The summed E-state index contributed by atoms with van der Waals surface area (Å²) in [5, 5.41) is 0. The van der Waals surface area contributed by atoms with Crippen LogP contribution in [-0.2, 0) is 24.5 Å². The van der Waals surface area contributed by atoms with Crippen molar-refractivity contribution in [2.75, 3.05) is 19.0 Å². The fourth-order valence-electron chi connectivity index (χ4n) is 1.21. The fraction of sp³-hybridized carbons (Fsp3) is 0.571. The molecule has 0 radical (unpaired) electrons. The van der Waals surface area contributed by atoms with Crippen LogP contribution in [0.2, 0.25) is 0 Å². The molecule has 3 N–H and O–H groups in total. The van der Waals surface area contributed by atoms with Crippen LogP contribution in [0.1, 0.15) is 0 Å². The lowest BCUT2D eigenvalue weighted by Gasteiger charge is -2.05. The summed E-state index contributed by atoms with van der Waals surface area (Å²) in [4.78, 5) is 2.08. The van der Waals surface area contributed by atoms with E-state index in [1.165, 1.54) is 5.95 Å². The van der Waals surface area contributed by atoms with Crippen LogP contribution in [0, 0.1) is 0 Å². The van der Waals surface area contributed by atoms with Crippen molar-refractivity contribution >= 4 is 16.3 Å². The minimum atomic E-state index is -4.92. The quantitative estimate of drug-likeness (QED) is 0.357. The minimum absolute atomic E-state index is 0. The smallest absolute Gasteiger partial charge is 0.358 e. The average Bonchev–Trinajstić information content (AvgIpc) is 2.26. The van der Waals surface area contributed by atoms with Crippen LogP contribution in [0.25, 0.3) is 0 Å². The van der Waals surface area contributed by atoms with Gasteiger partial charge in [0.25, 0.3) is 0 Å². The van der Waals surface area contributed by atoms with Gasteiger partial charge in [0.15, 0.2) is 0 Å². The van der Waals surface area contributed by atoms with E-state index < -0.39 is 10.4 Å². The molecule has 1 aromatic heterocycles. The summed E-state index contributed by atoms with van der Waals surface area (Å²) in [5.74, 6) is 1.19. The number of nitrogens with zero attached hydrogens (tertiary/aromatic N) is 3. The molecule has 9 heteroatoms. The van der Waals surface area contributed by atoms with Crippen LogP contribution >= 0.6 is 0 Å². The molecule has 1 aromatic rings. The summed E-state index contributed by atoms with van der Waals surface area (Å²) >= 11 is 0. The predicted octanol–water partition coefficient (Wildman–Crippen LogP) is -1.90. The molecule has 0 saturated heterocycles. The van der Waals surface area contributed by atoms with Gasteiger partial charge in [0.2, 0.25) is 10.4 Å². The van der Waals surface area contributed by atoms with E-state index in [9.17, 15) is 0 Å². The van der Waals surface area contributed by atoms with Gasteiger partial charge in [0, 0.05) is 0 Å². The summed E-state index contributed by atoms with van der Waals surface area (Å²) in [6.07, 6.45) is 4.07. The van der Waals surface area contributed by atoms with Crippen molar-refractivity contribution in [2.24, 2.45) is 14.1 Å².